The molecule has 2 aliphatic heterocycles. The first-order valence-electron chi connectivity index (χ1n) is 8.03. The number of aliphatic hydroxyl groups is 1. The number of carbonyl (C=O) groups excluding carboxylic acids is 1. The molecule has 11 heteroatoms. The summed E-state index contributed by atoms with van der Waals surface area (Å²) < 4.78 is 68.0. The molecule has 2 aromatic rings. The number of carbonyl (C=O) groups is 1. The Kier molecular flexibility index (Phi) is 3.99. The molecule has 0 aliphatic carbocycles. The van der Waals surface area contributed by atoms with Crippen LogP contribution in [0.5, 0.6) is 17.2 Å². The molecule has 28 heavy (non-hydrogen) atoms. The summed E-state index contributed by atoms with van der Waals surface area (Å²) in [5.74, 6) is -1.49. The maximum atomic E-state index is 14.0. The van der Waals surface area contributed by atoms with Crippen molar-refractivity contribution in [1.82, 2.24) is 0 Å². The molecule has 3 heterocycles. The Morgan fingerprint density at radius 2 is 1.96 bits per heavy atom. The molecule has 0 saturated carbocycles. The Bertz CT molecular complexity index is 972. The maximum absolute atomic E-state index is 14.0. The van der Waals surface area contributed by atoms with E-state index in [0.717, 1.165) is 7.11 Å². The molecule has 7 nitrogen and oxygen atoms in total. The first-order valence-corrected chi connectivity index (χ1v) is 8.91. The van der Waals surface area contributed by atoms with Gasteiger partial charge in [0.05, 0.1) is 38.5 Å². The fourth-order valence-electron chi connectivity index (χ4n) is 3.80. The number of benzene rings is 1. The third-order valence-electron chi connectivity index (χ3n) is 4.98. The van der Waals surface area contributed by atoms with Crippen molar-refractivity contribution in [2.75, 3.05) is 21.3 Å². The fourth-order valence-corrected chi connectivity index (χ4v) is 5.34. The van der Waals surface area contributed by atoms with Crippen LogP contribution in [0.4, 0.5) is 13.2 Å². The Labute approximate surface area is 160 Å². The molecule has 0 amide bonds. The molecule has 2 aliphatic rings. The quantitative estimate of drug-likeness (QED) is 0.759. The van der Waals surface area contributed by atoms with Crippen LogP contribution in [0.1, 0.15) is 12.0 Å². The summed E-state index contributed by atoms with van der Waals surface area (Å²) in [7, 11) is 3.56. The molecule has 0 unspecified atom stereocenters. The molecular weight excluding hydrogens is 405 g/mol. The molecule has 1 N–H and O–H groups in total. The topological polar surface area (TPSA) is 87.4 Å². The third-order valence-corrected chi connectivity index (χ3v) is 6.63. The zero-order chi connectivity index (χ0) is 20.5. The highest BCUT2D eigenvalue weighted by atomic mass is 32.2. The van der Waals surface area contributed by atoms with Gasteiger partial charge in [0.2, 0.25) is 5.75 Å². The number of alkyl halides is 3. The maximum Gasteiger partial charge on any atom is 0.438 e. The Morgan fingerprint density at radius 3 is 2.54 bits per heavy atom. The van der Waals surface area contributed by atoms with Gasteiger partial charge in [-0.25, -0.2) is 0 Å². The molecule has 2 bridgehead atoms. The minimum Gasteiger partial charge on any atom is -0.495 e. The number of rotatable bonds is 3. The van der Waals surface area contributed by atoms with Crippen molar-refractivity contribution in [3.8, 4) is 17.2 Å². The summed E-state index contributed by atoms with van der Waals surface area (Å²) in [6.45, 7) is 0. The molecular formula is C17H15F3O7S. The molecule has 3 atom stereocenters. The highest BCUT2D eigenvalue weighted by molar-refractivity contribution is 8.02. The van der Waals surface area contributed by atoms with Crippen LogP contribution in [-0.2, 0) is 15.1 Å². The molecule has 1 saturated heterocycles. The summed E-state index contributed by atoms with van der Waals surface area (Å²) in [6, 6.07) is 1.52. The molecule has 0 radical (unpaired) electrons. The van der Waals surface area contributed by atoms with Gasteiger partial charge in [0.25, 0.3) is 4.93 Å². The van der Waals surface area contributed by atoms with Crippen molar-refractivity contribution in [3.05, 3.63) is 17.9 Å². The number of hydrogen-bond acceptors (Lipinski definition) is 8. The van der Waals surface area contributed by atoms with Crippen molar-refractivity contribution in [1.29, 1.82) is 0 Å². The van der Waals surface area contributed by atoms with Gasteiger partial charge in [-0.3, -0.25) is 4.79 Å². The van der Waals surface area contributed by atoms with Crippen LogP contribution in [-0.4, -0.2) is 48.8 Å². The predicted molar refractivity (Wildman–Crippen MR) is 90.6 cm³/mol. The molecule has 152 valence electrons. The van der Waals surface area contributed by atoms with Gasteiger partial charge in [0.1, 0.15) is 16.6 Å². The number of esters is 1. The van der Waals surface area contributed by atoms with Crippen LogP contribution in [0.25, 0.3) is 11.0 Å². The van der Waals surface area contributed by atoms with E-state index in [1.54, 1.807) is 0 Å². The Balaban J connectivity index is 2.11. The van der Waals surface area contributed by atoms with Crippen LogP contribution >= 0.6 is 11.8 Å². The lowest BCUT2D eigenvalue weighted by Crippen LogP contribution is -2.50. The number of hydrogen-bond donors (Lipinski definition) is 1. The number of ether oxygens (including phenoxy) is 4. The molecule has 4 rings (SSSR count). The van der Waals surface area contributed by atoms with Gasteiger partial charge < -0.3 is 28.5 Å². The van der Waals surface area contributed by atoms with Gasteiger partial charge in [-0.1, -0.05) is 11.8 Å². The average Bonchev–Trinajstić information content (AvgIpc) is 3.20. The number of thioether (sulfide) groups is 1. The van der Waals surface area contributed by atoms with Crippen LogP contribution in [0.2, 0.25) is 0 Å². The first-order chi connectivity index (χ1) is 13.1. The summed E-state index contributed by atoms with van der Waals surface area (Å²) in [6.07, 6.45) is -4.51. The summed E-state index contributed by atoms with van der Waals surface area (Å²) in [4.78, 5) is 9.42. The highest BCUT2D eigenvalue weighted by Crippen LogP contribution is 2.68. The number of furan rings is 1. The molecule has 1 fully saturated rings. The van der Waals surface area contributed by atoms with Gasteiger partial charge in [0, 0.05) is 6.42 Å². The van der Waals surface area contributed by atoms with Crippen LogP contribution in [0, 0.1) is 0 Å². The molecule has 1 aromatic carbocycles. The van der Waals surface area contributed by atoms with E-state index in [1.165, 1.54) is 26.5 Å². The van der Waals surface area contributed by atoms with E-state index in [9.17, 15) is 23.1 Å². The van der Waals surface area contributed by atoms with Gasteiger partial charge in [-0.05, 0) is 6.07 Å². The van der Waals surface area contributed by atoms with Crippen molar-refractivity contribution >= 4 is 28.7 Å². The number of fused-ring (bicyclic) bond motifs is 5. The predicted octanol–water partition coefficient (Wildman–Crippen LogP) is 2.97. The summed E-state index contributed by atoms with van der Waals surface area (Å²) >= 11 is 0.158. The smallest absolute Gasteiger partial charge is 0.438 e. The Morgan fingerprint density at radius 1 is 1.29 bits per heavy atom. The molecule has 0 spiro atoms. The van der Waals surface area contributed by atoms with Crippen LogP contribution in [0.15, 0.2) is 16.7 Å². The van der Waals surface area contributed by atoms with Gasteiger partial charge in [-0.15, -0.1) is 0 Å². The fraction of sp³-hybridized carbons (Fsp3) is 0.471. The standard InChI is InChI=1S/C17H15F3O7S/c1-23-9-7-4-5-26-10(7)12(24-2)11-8(9)15(22)6-16(27-11,17(18,19)20)28-13(15)14(21)25-3/h4-5,13,22H,6H2,1-3H3/t13-,15+,16+/m0/s1. The largest absolute Gasteiger partial charge is 0.495 e. The highest BCUT2D eigenvalue weighted by Gasteiger charge is 2.75. The lowest BCUT2D eigenvalue weighted by atomic mass is 9.80. The normalized spacial score (nSPS) is 28.6. The third kappa shape index (κ3) is 2.20. The van der Waals surface area contributed by atoms with E-state index in [0.29, 0.717) is 5.39 Å². The van der Waals surface area contributed by atoms with Gasteiger partial charge in [-0.2, -0.15) is 13.2 Å². The second kappa shape index (κ2) is 5.86. The first kappa shape index (κ1) is 19.1. The minimum atomic E-state index is -4.90. The second-order valence-electron chi connectivity index (χ2n) is 6.41. The van der Waals surface area contributed by atoms with Crippen molar-refractivity contribution in [3.63, 3.8) is 0 Å². The zero-order valence-electron chi connectivity index (χ0n) is 14.9. The van der Waals surface area contributed by atoms with E-state index in [-0.39, 0.29) is 40.2 Å². The SMILES string of the molecule is COC(=O)[C@@H]1S[C@@]2(C(F)(F)F)C[C@@]1(O)c1c(c(OC)c3occc3c1OC)O2. The van der Waals surface area contributed by atoms with E-state index < -0.39 is 34.4 Å². The van der Waals surface area contributed by atoms with Crippen molar-refractivity contribution in [2.45, 2.75) is 28.4 Å². The summed E-state index contributed by atoms with van der Waals surface area (Å²) in [5, 5.41) is 10.2. The Hall–Kier alpha value is -2.27. The average molecular weight is 420 g/mol. The van der Waals surface area contributed by atoms with Crippen LogP contribution in [0.3, 0.4) is 0 Å². The van der Waals surface area contributed by atoms with Crippen molar-refractivity contribution in [2.24, 2.45) is 0 Å². The number of methoxy groups -OCH3 is 3. The monoisotopic (exact) mass is 420 g/mol. The van der Waals surface area contributed by atoms with E-state index in [4.69, 9.17) is 18.6 Å². The van der Waals surface area contributed by atoms with Crippen molar-refractivity contribution < 1.29 is 46.4 Å². The second-order valence-corrected chi connectivity index (χ2v) is 7.78. The lowest BCUT2D eigenvalue weighted by Gasteiger charge is -2.39. The lowest BCUT2D eigenvalue weighted by molar-refractivity contribution is -0.227. The number of halogens is 3. The van der Waals surface area contributed by atoms with E-state index >= 15 is 0 Å². The van der Waals surface area contributed by atoms with Gasteiger partial charge >= 0.3 is 12.1 Å². The molecule has 1 aromatic heterocycles. The van der Waals surface area contributed by atoms with E-state index in [1.807, 2.05) is 0 Å². The van der Waals surface area contributed by atoms with Crippen LogP contribution < -0.4 is 14.2 Å². The van der Waals surface area contributed by atoms with Gasteiger partial charge in [0.15, 0.2) is 11.3 Å². The zero-order valence-corrected chi connectivity index (χ0v) is 15.7. The minimum absolute atomic E-state index is 0.0363. The summed E-state index contributed by atoms with van der Waals surface area (Å²) in [5.41, 5.74) is -2.29. The van der Waals surface area contributed by atoms with E-state index in [2.05, 4.69) is 4.74 Å².